The molecule has 0 aliphatic carbocycles. The molecule has 0 atom stereocenters. The van der Waals surface area contributed by atoms with E-state index in [0.717, 1.165) is 16.4 Å². The fourth-order valence-corrected chi connectivity index (χ4v) is 3.32. The molecule has 0 unspecified atom stereocenters. The van der Waals surface area contributed by atoms with Crippen molar-refractivity contribution in [2.24, 2.45) is 0 Å². The van der Waals surface area contributed by atoms with Crippen molar-refractivity contribution in [3.05, 3.63) is 40.5 Å². The van der Waals surface area contributed by atoms with Gasteiger partial charge in [0, 0.05) is 17.9 Å². The van der Waals surface area contributed by atoms with E-state index in [1.165, 1.54) is 11.3 Å². The number of amides is 2. The van der Waals surface area contributed by atoms with Crippen LogP contribution in [0.4, 0.5) is 0 Å². The summed E-state index contributed by atoms with van der Waals surface area (Å²) in [6.07, 6.45) is 0. The summed E-state index contributed by atoms with van der Waals surface area (Å²) in [6, 6.07) is 5.62. The van der Waals surface area contributed by atoms with E-state index in [-0.39, 0.29) is 12.5 Å². The Morgan fingerprint density at radius 1 is 1.08 bits per heavy atom. The molecule has 0 aliphatic rings. The normalized spacial score (nSPS) is 10.4. The first-order valence-corrected chi connectivity index (χ1v) is 8.75. The Kier molecular flexibility index (Phi) is 6.35. The zero-order chi connectivity index (χ0) is 18.4. The summed E-state index contributed by atoms with van der Waals surface area (Å²) in [4.78, 5) is 35.3. The molecule has 2 heterocycles. The van der Waals surface area contributed by atoms with Crippen LogP contribution in [0.3, 0.4) is 0 Å². The van der Waals surface area contributed by atoms with Gasteiger partial charge >= 0.3 is 5.97 Å². The van der Waals surface area contributed by atoms with E-state index in [0.29, 0.717) is 12.1 Å². The number of nitrogens with zero attached hydrogens (tertiary/aromatic N) is 1. The van der Waals surface area contributed by atoms with Crippen molar-refractivity contribution < 1.29 is 19.1 Å². The Hall–Kier alpha value is -2.61. The van der Waals surface area contributed by atoms with Gasteiger partial charge in [0.2, 0.25) is 5.91 Å². The molecule has 0 saturated heterocycles. The summed E-state index contributed by atoms with van der Waals surface area (Å²) in [5.74, 6) is -1.39. The summed E-state index contributed by atoms with van der Waals surface area (Å²) < 4.78 is 7.04. The van der Waals surface area contributed by atoms with Crippen LogP contribution in [0.25, 0.3) is 5.00 Å². The molecule has 0 aromatic carbocycles. The summed E-state index contributed by atoms with van der Waals surface area (Å²) in [5.41, 5.74) is 2.42. The van der Waals surface area contributed by atoms with Crippen molar-refractivity contribution in [3.8, 4) is 5.00 Å². The van der Waals surface area contributed by atoms with Crippen molar-refractivity contribution in [2.75, 3.05) is 19.7 Å². The van der Waals surface area contributed by atoms with Crippen LogP contribution in [-0.4, -0.2) is 42.0 Å². The zero-order valence-corrected chi connectivity index (χ0v) is 15.2. The molecular formula is C17H21N3O4S. The fraction of sp³-hybridized carbons (Fsp3) is 0.353. The molecule has 0 fully saturated rings. The van der Waals surface area contributed by atoms with Crippen LogP contribution in [0.2, 0.25) is 0 Å². The number of carbonyl (C=O) groups excluding carboxylic acids is 3. The highest BCUT2D eigenvalue weighted by Gasteiger charge is 2.19. The highest BCUT2D eigenvalue weighted by atomic mass is 32.1. The van der Waals surface area contributed by atoms with Crippen LogP contribution < -0.4 is 10.6 Å². The number of rotatable bonds is 7. The van der Waals surface area contributed by atoms with Gasteiger partial charge in [-0.1, -0.05) is 0 Å². The van der Waals surface area contributed by atoms with Crippen LogP contribution in [0.1, 0.15) is 28.7 Å². The van der Waals surface area contributed by atoms with Crippen molar-refractivity contribution in [1.29, 1.82) is 0 Å². The standard InChI is InChI=1S/C17H21N3O4S/c1-4-18-14(21)9-19-15(22)10-24-17(23)13-7-8-25-16(13)20-11(2)5-6-12(20)3/h5-8H,4,9-10H2,1-3H3,(H,18,21)(H,19,22). The third-order valence-electron chi connectivity index (χ3n) is 3.49. The van der Waals surface area contributed by atoms with Crippen LogP contribution >= 0.6 is 11.3 Å². The molecule has 2 N–H and O–H groups in total. The molecule has 0 radical (unpaired) electrons. The van der Waals surface area contributed by atoms with Gasteiger partial charge in [0.05, 0.1) is 12.1 Å². The molecule has 2 aromatic rings. The Balaban J connectivity index is 1.96. The predicted molar refractivity (Wildman–Crippen MR) is 95.1 cm³/mol. The van der Waals surface area contributed by atoms with Gasteiger partial charge in [-0.3, -0.25) is 9.59 Å². The van der Waals surface area contributed by atoms with Crippen LogP contribution in [0.15, 0.2) is 23.6 Å². The number of likely N-dealkylation sites (N-methyl/N-ethyl adjacent to an activating group) is 1. The topological polar surface area (TPSA) is 89.4 Å². The summed E-state index contributed by atoms with van der Waals surface area (Å²) in [6.45, 7) is 5.61. The number of carbonyl (C=O) groups is 3. The number of hydrogen-bond donors (Lipinski definition) is 2. The SMILES string of the molecule is CCNC(=O)CNC(=O)COC(=O)c1ccsc1-n1c(C)ccc1C. The Bertz CT molecular complexity index is 759. The monoisotopic (exact) mass is 363 g/mol. The molecule has 0 bridgehead atoms. The van der Waals surface area contributed by atoms with E-state index in [4.69, 9.17) is 4.74 Å². The van der Waals surface area contributed by atoms with Gasteiger partial charge < -0.3 is 19.9 Å². The summed E-state index contributed by atoms with van der Waals surface area (Å²) in [7, 11) is 0. The third kappa shape index (κ3) is 4.69. The Morgan fingerprint density at radius 2 is 1.76 bits per heavy atom. The molecule has 2 amide bonds. The molecule has 134 valence electrons. The van der Waals surface area contributed by atoms with E-state index < -0.39 is 18.5 Å². The van der Waals surface area contributed by atoms with E-state index in [2.05, 4.69) is 10.6 Å². The lowest BCUT2D eigenvalue weighted by Gasteiger charge is -2.10. The van der Waals surface area contributed by atoms with Gasteiger partial charge in [0.1, 0.15) is 5.00 Å². The Labute approximate surface area is 150 Å². The third-order valence-corrected chi connectivity index (χ3v) is 4.39. The maximum atomic E-state index is 12.3. The first-order valence-electron chi connectivity index (χ1n) is 7.87. The lowest BCUT2D eigenvalue weighted by Crippen LogP contribution is -2.38. The average molecular weight is 363 g/mol. The second kappa shape index (κ2) is 8.48. The largest absolute Gasteiger partial charge is 0.452 e. The van der Waals surface area contributed by atoms with Gasteiger partial charge in [-0.15, -0.1) is 11.3 Å². The van der Waals surface area contributed by atoms with Crippen molar-refractivity contribution >= 4 is 29.1 Å². The fourth-order valence-electron chi connectivity index (χ4n) is 2.32. The van der Waals surface area contributed by atoms with Gasteiger partial charge in [-0.2, -0.15) is 0 Å². The number of hydrogen-bond acceptors (Lipinski definition) is 5. The van der Waals surface area contributed by atoms with E-state index in [9.17, 15) is 14.4 Å². The minimum atomic E-state index is -0.572. The van der Waals surface area contributed by atoms with E-state index >= 15 is 0 Å². The van der Waals surface area contributed by atoms with Crippen LogP contribution in [-0.2, 0) is 14.3 Å². The first-order chi connectivity index (χ1) is 11.9. The summed E-state index contributed by atoms with van der Waals surface area (Å²) >= 11 is 1.43. The predicted octanol–water partition coefficient (Wildman–Crippen LogP) is 1.56. The van der Waals surface area contributed by atoms with Crippen molar-refractivity contribution in [1.82, 2.24) is 15.2 Å². The molecule has 0 spiro atoms. The molecule has 2 aromatic heterocycles. The minimum Gasteiger partial charge on any atom is -0.452 e. The number of thiophene rings is 1. The average Bonchev–Trinajstić information content (AvgIpc) is 3.17. The van der Waals surface area contributed by atoms with Crippen LogP contribution in [0, 0.1) is 13.8 Å². The zero-order valence-electron chi connectivity index (χ0n) is 14.4. The number of nitrogens with one attached hydrogen (secondary N) is 2. The number of aryl methyl sites for hydroxylation is 2. The lowest BCUT2D eigenvalue weighted by molar-refractivity contribution is -0.127. The molecule has 0 saturated carbocycles. The Morgan fingerprint density at radius 3 is 2.40 bits per heavy atom. The van der Waals surface area contributed by atoms with Gasteiger partial charge in [0.25, 0.3) is 5.91 Å². The summed E-state index contributed by atoms with van der Waals surface area (Å²) in [5, 5.41) is 7.52. The maximum absolute atomic E-state index is 12.3. The van der Waals surface area contributed by atoms with Crippen molar-refractivity contribution in [2.45, 2.75) is 20.8 Å². The number of aromatic nitrogens is 1. The number of esters is 1. The maximum Gasteiger partial charge on any atom is 0.341 e. The smallest absolute Gasteiger partial charge is 0.341 e. The molecule has 8 heteroatoms. The van der Waals surface area contributed by atoms with Crippen LogP contribution in [0.5, 0.6) is 0 Å². The van der Waals surface area contributed by atoms with Gasteiger partial charge in [-0.25, -0.2) is 4.79 Å². The molecular weight excluding hydrogens is 342 g/mol. The van der Waals surface area contributed by atoms with E-state index in [1.807, 2.05) is 30.5 Å². The highest BCUT2D eigenvalue weighted by molar-refractivity contribution is 7.13. The van der Waals surface area contributed by atoms with Crippen molar-refractivity contribution in [3.63, 3.8) is 0 Å². The molecule has 7 nitrogen and oxygen atoms in total. The second-order valence-electron chi connectivity index (χ2n) is 5.40. The quantitative estimate of drug-likeness (QED) is 0.731. The first kappa shape index (κ1) is 18.7. The molecule has 0 aliphatic heterocycles. The van der Waals surface area contributed by atoms with Gasteiger partial charge in [-0.05, 0) is 44.4 Å². The lowest BCUT2D eigenvalue weighted by atomic mass is 10.3. The molecule has 25 heavy (non-hydrogen) atoms. The van der Waals surface area contributed by atoms with E-state index in [1.54, 1.807) is 18.4 Å². The molecule has 2 rings (SSSR count). The number of ether oxygens (including phenoxy) is 1. The van der Waals surface area contributed by atoms with Gasteiger partial charge in [0.15, 0.2) is 6.61 Å². The minimum absolute atomic E-state index is 0.143. The highest BCUT2D eigenvalue weighted by Crippen LogP contribution is 2.26. The second-order valence-corrected chi connectivity index (χ2v) is 6.29.